The van der Waals surface area contributed by atoms with Crippen molar-refractivity contribution < 1.29 is 9.53 Å². The van der Waals surface area contributed by atoms with Crippen molar-refractivity contribution in [3.05, 3.63) is 59.9 Å². The van der Waals surface area contributed by atoms with Crippen LogP contribution in [-0.4, -0.2) is 27.8 Å². The zero-order valence-corrected chi connectivity index (χ0v) is 15.3. The maximum Gasteiger partial charge on any atom is 0.255 e. The molecule has 2 aromatic carbocycles. The molecule has 0 saturated carbocycles. The molecule has 0 unspecified atom stereocenters. The zero-order valence-electron chi connectivity index (χ0n) is 15.3. The van der Waals surface area contributed by atoms with Gasteiger partial charge in [0.05, 0.1) is 7.11 Å². The average Bonchev–Trinajstić information content (AvgIpc) is 2.96. The van der Waals surface area contributed by atoms with Crippen molar-refractivity contribution in [3.8, 4) is 17.1 Å². The predicted octanol–water partition coefficient (Wildman–Crippen LogP) is 3.93. The molecule has 1 amide bonds. The summed E-state index contributed by atoms with van der Waals surface area (Å²) < 4.78 is 7.34. The van der Waals surface area contributed by atoms with Crippen LogP contribution >= 0.6 is 0 Å². The maximum absolute atomic E-state index is 12.5. The van der Waals surface area contributed by atoms with Crippen LogP contribution in [0.5, 0.6) is 5.75 Å². The van der Waals surface area contributed by atoms with Gasteiger partial charge in [-0.05, 0) is 49.2 Å². The fraction of sp³-hybridized carbons (Fsp3) is 0.286. The molecule has 6 heteroatoms. The van der Waals surface area contributed by atoms with Gasteiger partial charge in [-0.1, -0.05) is 18.6 Å². The fourth-order valence-electron chi connectivity index (χ4n) is 3.38. The van der Waals surface area contributed by atoms with Gasteiger partial charge in [0.1, 0.15) is 11.6 Å². The largest absolute Gasteiger partial charge is 0.497 e. The van der Waals surface area contributed by atoms with E-state index in [0.29, 0.717) is 5.56 Å². The summed E-state index contributed by atoms with van der Waals surface area (Å²) in [7, 11) is 1.60. The number of methoxy groups -OCH3 is 1. The van der Waals surface area contributed by atoms with Crippen LogP contribution in [0, 0.1) is 0 Å². The first-order valence-corrected chi connectivity index (χ1v) is 9.22. The number of rotatable bonds is 4. The lowest BCUT2D eigenvalue weighted by Crippen LogP contribution is -2.11. The van der Waals surface area contributed by atoms with Gasteiger partial charge in [0.2, 0.25) is 0 Å². The molecule has 3 aromatic rings. The number of carbonyl (C=O) groups excluding carboxylic acids is 1. The van der Waals surface area contributed by atoms with Crippen molar-refractivity contribution >= 4 is 11.6 Å². The molecule has 138 valence electrons. The lowest BCUT2D eigenvalue weighted by Gasteiger charge is -2.10. The molecule has 0 bridgehead atoms. The van der Waals surface area contributed by atoms with Gasteiger partial charge in [-0.3, -0.25) is 4.79 Å². The molecule has 6 nitrogen and oxygen atoms in total. The van der Waals surface area contributed by atoms with Crippen LogP contribution in [0.4, 0.5) is 5.69 Å². The number of aromatic nitrogens is 3. The number of nitrogens with zero attached hydrogens (tertiary/aromatic N) is 3. The van der Waals surface area contributed by atoms with Crippen molar-refractivity contribution in [2.45, 2.75) is 32.2 Å². The number of hydrogen-bond donors (Lipinski definition) is 1. The number of aryl methyl sites for hydroxylation is 1. The van der Waals surface area contributed by atoms with Gasteiger partial charge in [-0.2, -0.15) is 0 Å². The molecule has 1 aromatic heterocycles. The number of fused-ring (bicyclic) bond motifs is 1. The van der Waals surface area contributed by atoms with Crippen molar-refractivity contribution in [3.63, 3.8) is 0 Å². The van der Waals surface area contributed by atoms with Crippen LogP contribution in [0.15, 0.2) is 48.5 Å². The van der Waals surface area contributed by atoms with E-state index >= 15 is 0 Å². The molecule has 0 atom stereocenters. The van der Waals surface area contributed by atoms with Crippen LogP contribution in [0.1, 0.15) is 35.4 Å². The maximum atomic E-state index is 12.5. The monoisotopic (exact) mass is 362 g/mol. The minimum atomic E-state index is -0.158. The summed E-state index contributed by atoms with van der Waals surface area (Å²) in [6.07, 6.45) is 4.50. The lowest BCUT2D eigenvalue weighted by atomic mass is 10.1. The van der Waals surface area contributed by atoms with E-state index in [1.165, 1.54) is 6.42 Å². The van der Waals surface area contributed by atoms with Crippen LogP contribution in [0.2, 0.25) is 0 Å². The SMILES string of the molecule is COc1ccc(C(=O)Nc2cccc(-c3nnc4n3CCCCC4)c2)cc1. The highest BCUT2D eigenvalue weighted by Crippen LogP contribution is 2.25. The molecule has 27 heavy (non-hydrogen) atoms. The number of carbonyl (C=O) groups is 1. The molecular weight excluding hydrogens is 340 g/mol. The number of nitrogens with one attached hydrogen (secondary N) is 1. The van der Waals surface area contributed by atoms with Gasteiger partial charge >= 0.3 is 0 Å². The van der Waals surface area contributed by atoms with E-state index in [0.717, 1.165) is 54.5 Å². The Kier molecular flexibility index (Phi) is 4.87. The van der Waals surface area contributed by atoms with E-state index in [4.69, 9.17) is 4.74 Å². The first-order chi connectivity index (χ1) is 13.2. The Hall–Kier alpha value is -3.15. The molecule has 2 heterocycles. The van der Waals surface area contributed by atoms with Crippen molar-refractivity contribution in [1.82, 2.24) is 14.8 Å². The van der Waals surface area contributed by atoms with Gasteiger partial charge in [0, 0.05) is 29.8 Å². The predicted molar refractivity (Wildman–Crippen MR) is 104 cm³/mol. The minimum Gasteiger partial charge on any atom is -0.497 e. The molecule has 4 rings (SSSR count). The highest BCUT2D eigenvalue weighted by molar-refractivity contribution is 6.04. The second-order valence-corrected chi connectivity index (χ2v) is 6.67. The van der Waals surface area contributed by atoms with E-state index in [1.807, 2.05) is 24.3 Å². The Balaban J connectivity index is 1.56. The average molecular weight is 362 g/mol. The summed E-state index contributed by atoms with van der Waals surface area (Å²) in [6.45, 7) is 0.945. The highest BCUT2D eigenvalue weighted by Gasteiger charge is 2.16. The standard InChI is InChI=1S/C21H22N4O2/c1-27-18-11-9-15(10-12-18)21(26)22-17-7-5-6-16(14-17)20-24-23-19-8-3-2-4-13-25(19)20/h5-7,9-12,14H,2-4,8,13H2,1H3,(H,22,26). The first kappa shape index (κ1) is 17.3. The summed E-state index contributed by atoms with van der Waals surface area (Å²) in [6, 6.07) is 14.8. The van der Waals surface area contributed by atoms with Crippen molar-refractivity contribution in [1.29, 1.82) is 0 Å². The summed E-state index contributed by atoms with van der Waals surface area (Å²) in [4.78, 5) is 12.5. The molecule has 0 saturated heterocycles. The van der Waals surface area contributed by atoms with Gasteiger partial charge in [0.15, 0.2) is 5.82 Å². The van der Waals surface area contributed by atoms with E-state index in [2.05, 4.69) is 20.1 Å². The summed E-state index contributed by atoms with van der Waals surface area (Å²) in [5, 5.41) is 11.7. The number of ether oxygens (including phenoxy) is 1. The Labute approximate surface area is 158 Å². The number of amides is 1. The Bertz CT molecular complexity index is 947. The minimum absolute atomic E-state index is 0.158. The molecule has 1 aliphatic heterocycles. The van der Waals surface area contributed by atoms with E-state index in [-0.39, 0.29) is 5.91 Å². The molecule has 1 aliphatic rings. The fourth-order valence-corrected chi connectivity index (χ4v) is 3.38. The third-order valence-electron chi connectivity index (χ3n) is 4.84. The van der Waals surface area contributed by atoms with Crippen LogP contribution in [0.25, 0.3) is 11.4 Å². The summed E-state index contributed by atoms with van der Waals surface area (Å²) in [5.41, 5.74) is 2.28. The molecular formula is C21H22N4O2. The Morgan fingerprint density at radius 3 is 2.74 bits per heavy atom. The van der Waals surface area contributed by atoms with Gasteiger partial charge in [0.25, 0.3) is 5.91 Å². The molecule has 1 N–H and O–H groups in total. The van der Waals surface area contributed by atoms with E-state index in [1.54, 1.807) is 31.4 Å². The number of anilines is 1. The van der Waals surface area contributed by atoms with Gasteiger partial charge in [-0.15, -0.1) is 10.2 Å². The second-order valence-electron chi connectivity index (χ2n) is 6.67. The van der Waals surface area contributed by atoms with Crippen LogP contribution in [-0.2, 0) is 13.0 Å². The van der Waals surface area contributed by atoms with E-state index < -0.39 is 0 Å². The van der Waals surface area contributed by atoms with Crippen molar-refractivity contribution in [2.75, 3.05) is 12.4 Å². The summed E-state index contributed by atoms with van der Waals surface area (Å²) in [5.74, 6) is 2.48. The van der Waals surface area contributed by atoms with Crippen molar-refractivity contribution in [2.24, 2.45) is 0 Å². The molecule has 0 fully saturated rings. The van der Waals surface area contributed by atoms with Crippen LogP contribution in [0.3, 0.4) is 0 Å². The van der Waals surface area contributed by atoms with Gasteiger partial charge < -0.3 is 14.6 Å². The molecule has 0 spiro atoms. The highest BCUT2D eigenvalue weighted by atomic mass is 16.5. The third-order valence-corrected chi connectivity index (χ3v) is 4.84. The molecule has 0 radical (unpaired) electrons. The zero-order chi connectivity index (χ0) is 18.6. The number of hydrogen-bond acceptors (Lipinski definition) is 4. The first-order valence-electron chi connectivity index (χ1n) is 9.22. The normalized spacial score (nSPS) is 13.5. The smallest absolute Gasteiger partial charge is 0.255 e. The number of benzene rings is 2. The Morgan fingerprint density at radius 1 is 1.07 bits per heavy atom. The third kappa shape index (κ3) is 3.69. The quantitative estimate of drug-likeness (QED) is 0.763. The summed E-state index contributed by atoms with van der Waals surface area (Å²) >= 11 is 0. The second kappa shape index (κ2) is 7.61. The van der Waals surface area contributed by atoms with Gasteiger partial charge in [-0.25, -0.2) is 0 Å². The lowest BCUT2D eigenvalue weighted by molar-refractivity contribution is 0.102. The van der Waals surface area contributed by atoms with Crippen LogP contribution < -0.4 is 10.1 Å². The Morgan fingerprint density at radius 2 is 1.93 bits per heavy atom. The molecule has 0 aliphatic carbocycles. The topological polar surface area (TPSA) is 69.0 Å². The van der Waals surface area contributed by atoms with E-state index in [9.17, 15) is 4.79 Å².